The zero-order chi connectivity index (χ0) is 19.2. The summed E-state index contributed by atoms with van der Waals surface area (Å²) < 4.78 is 5.13. The Bertz CT molecular complexity index is 1020. The Morgan fingerprint density at radius 1 is 1.19 bits per heavy atom. The summed E-state index contributed by atoms with van der Waals surface area (Å²) in [5.74, 6) is 0.976. The standard InChI is InChI=1S/C21H20N4O2/c1-14-5-3-6-15-11-17(13-22)20(25-19(14)15)23-9-10-24-21(26)16-7-4-8-18(12-16)27-2/h3-8,11-12H,9-10H2,1-2H3,(H,23,25)(H,24,26). The largest absolute Gasteiger partial charge is 0.497 e. The molecule has 0 atom stereocenters. The molecule has 0 fully saturated rings. The molecule has 1 amide bonds. The normalized spacial score (nSPS) is 10.3. The van der Waals surface area contributed by atoms with Gasteiger partial charge in [-0.3, -0.25) is 4.79 Å². The number of anilines is 1. The van der Waals surface area contributed by atoms with Crippen molar-refractivity contribution in [2.24, 2.45) is 0 Å². The molecule has 3 aromatic rings. The van der Waals surface area contributed by atoms with Gasteiger partial charge in [-0.05, 0) is 36.8 Å². The quantitative estimate of drug-likeness (QED) is 0.659. The Kier molecular flexibility index (Phi) is 5.53. The fraction of sp³-hybridized carbons (Fsp3) is 0.190. The van der Waals surface area contributed by atoms with Gasteiger partial charge in [-0.15, -0.1) is 0 Å². The number of nitriles is 1. The fourth-order valence-corrected chi connectivity index (χ4v) is 2.79. The Morgan fingerprint density at radius 2 is 2.00 bits per heavy atom. The topological polar surface area (TPSA) is 87.0 Å². The average Bonchev–Trinajstić information content (AvgIpc) is 2.71. The summed E-state index contributed by atoms with van der Waals surface area (Å²) in [5.41, 5.74) is 2.92. The molecule has 0 aliphatic rings. The van der Waals surface area contributed by atoms with Gasteiger partial charge < -0.3 is 15.4 Å². The van der Waals surface area contributed by atoms with Crippen molar-refractivity contribution in [2.45, 2.75) is 6.92 Å². The molecule has 136 valence electrons. The van der Waals surface area contributed by atoms with Crippen molar-refractivity contribution in [1.29, 1.82) is 5.26 Å². The van der Waals surface area contributed by atoms with Crippen molar-refractivity contribution in [3.63, 3.8) is 0 Å². The van der Waals surface area contributed by atoms with Crippen molar-refractivity contribution in [3.8, 4) is 11.8 Å². The number of ether oxygens (including phenoxy) is 1. The molecule has 0 radical (unpaired) electrons. The molecular formula is C21H20N4O2. The molecule has 1 aromatic heterocycles. The van der Waals surface area contributed by atoms with E-state index in [0.29, 0.717) is 35.8 Å². The number of aromatic nitrogens is 1. The molecule has 0 spiro atoms. The molecule has 0 aliphatic carbocycles. The lowest BCUT2D eigenvalue weighted by Gasteiger charge is -2.11. The van der Waals surface area contributed by atoms with Gasteiger partial charge >= 0.3 is 0 Å². The number of nitrogens with one attached hydrogen (secondary N) is 2. The van der Waals surface area contributed by atoms with E-state index in [1.165, 1.54) is 0 Å². The van der Waals surface area contributed by atoms with Crippen LogP contribution in [0, 0.1) is 18.3 Å². The summed E-state index contributed by atoms with van der Waals surface area (Å²) in [6.45, 7) is 2.84. The summed E-state index contributed by atoms with van der Waals surface area (Å²) >= 11 is 0. The Morgan fingerprint density at radius 3 is 2.78 bits per heavy atom. The molecule has 27 heavy (non-hydrogen) atoms. The van der Waals surface area contributed by atoms with Crippen molar-refractivity contribution in [3.05, 3.63) is 65.2 Å². The number of carbonyl (C=O) groups excluding carboxylic acids is 1. The van der Waals surface area contributed by atoms with E-state index >= 15 is 0 Å². The third-order valence-corrected chi connectivity index (χ3v) is 4.20. The fourth-order valence-electron chi connectivity index (χ4n) is 2.79. The van der Waals surface area contributed by atoms with Crippen LogP contribution in [-0.2, 0) is 0 Å². The molecule has 3 rings (SSSR count). The summed E-state index contributed by atoms with van der Waals surface area (Å²) in [7, 11) is 1.56. The van der Waals surface area contributed by atoms with E-state index in [4.69, 9.17) is 4.74 Å². The molecule has 0 aliphatic heterocycles. The van der Waals surface area contributed by atoms with Gasteiger partial charge in [0.15, 0.2) is 0 Å². The number of pyridine rings is 1. The van der Waals surface area contributed by atoms with E-state index in [1.54, 1.807) is 31.4 Å². The summed E-state index contributed by atoms with van der Waals surface area (Å²) in [6.07, 6.45) is 0. The lowest BCUT2D eigenvalue weighted by Crippen LogP contribution is -2.29. The molecule has 0 saturated heterocycles. The smallest absolute Gasteiger partial charge is 0.251 e. The van der Waals surface area contributed by atoms with Gasteiger partial charge in [-0.1, -0.05) is 24.3 Å². The van der Waals surface area contributed by atoms with E-state index in [-0.39, 0.29) is 5.91 Å². The van der Waals surface area contributed by atoms with Crippen molar-refractivity contribution in [1.82, 2.24) is 10.3 Å². The minimum atomic E-state index is -0.182. The van der Waals surface area contributed by atoms with Crippen LogP contribution >= 0.6 is 0 Å². The summed E-state index contributed by atoms with van der Waals surface area (Å²) in [6, 6.07) is 16.8. The first-order valence-corrected chi connectivity index (χ1v) is 8.59. The van der Waals surface area contributed by atoms with Gasteiger partial charge in [-0.2, -0.15) is 5.26 Å². The minimum absolute atomic E-state index is 0.182. The van der Waals surface area contributed by atoms with E-state index in [1.807, 2.05) is 31.2 Å². The number of methoxy groups -OCH3 is 1. The van der Waals surface area contributed by atoms with Crippen LogP contribution in [0.25, 0.3) is 10.9 Å². The molecule has 1 heterocycles. The zero-order valence-electron chi connectivity index (χ0n) is 15.2. The molecule has 0 unspecified atom stereocenters. The Balaban J connectivity index is 1.64. The van der Waals surface area contributed by atoms with Gasteiger partial charge in [0.25, 0.3) is 5.91 Å². The minimum Gasteiger partial charge on any atom is -0.497 e. The first-order valence-electron chi connectivity index (χ1n) is 8.59. The van der Waals surface area contributed by atoms with Crippen LogP contribution in [-0.4, -0.2) is 31.1 Å². The third kappa shape index (κ3) is 4.15. The third-order valence-electron chi connectivity index (χ3n) is 4.20. The zero-order valence-corrected chi connectivity index (χ0v) is 15.2. The predicted molar refractivity (Wildman–Crippen MR) is 105 cm³/mol. The van der Waals surface area contributed by atoms with E-state index in [9.17, 15) is 10.1 Å². The molecule has 6 nitrogen and oxygen atoms in total. The second-order valence-corrected chi connectivity index (χ2v) is 6.06. The number of benzene rings is 2. The number of rotatable bonds is 6. The Labute approximate surface area is 157 Å². The van der Waals surface area contributed by atoms with Crippen molar-refractivity contribution >= 4 is 22.6 Å². The van der Waals surface area contributed by atoms with Crippen LogP contribution in [0.3, 0.4) is 0 Å². The lowest BCUT2D eigenvalue weighted by atomic mass is 10.1. The maximum absolute atomic E-state index is 12.2. The first kappa shape index (κ1) is 18.2. The maximum Gasteiger partial charge on any atom is 0.251 e. The Hall–Kier alpha value is -3.59. The number of aryl methyl sites for hydroxylation is 1. The highest BCUT2D eigenvalue weighted by atomic mass is 16.5. The molecule has 0 saturated carbocycles. The van der Waals surface area contributed by atoms with Gasteiger partial charge in [0.1, 0.15) is 17.6 Å². The van der Waals surface area contributed by atoms with Gasteiger partial charge in [0.05, 0.1) is 18.2 Å². The number of hydrogen-bond acceptors (Lipinski definition) is 5. The van der Waals surface area contributed by atoms with E-state index in [2.05, 4.69) is 21.7 Å². The summed E-state index contributed by atoms with van der Waals surface area (Å²) in [4.78, 5) is 16.8. The maximum atomic E-state index is 12.2. The number of amides is 1. The monoisotopic (exact) mass is 360 g/mol. The molecule has 2 N–H and O–H groups in total. The molecular weight excluding hydrogens is 340 g/mol. The van der Waals surface area contributed by atoms with Crippen LogP contribution in [0.15, 0.2) is 48.5 Å². The molecule has 0 bridgehead atoms. The molecule has 6 heteroatoms. The van der Waals surface area contributed by atoms with E-state index in [0.717, 1.165) is 16.5 Å². The van der Waals surface area contributed by atoms with Crippen LogP contribution < -0.4 is 15.4 Å². The van der Waals surface area contributed by atoms with Gasteiger partial charge in [0.2, 0.25) is 0 Å². The van der Waals surface area contributed by atoms with Gasteiger partial charge in [0, 0.05) is 24.0 Å². The summed E-state index contributed by atoms with van der Waals surface area (Å²) in [5, 5.41) is 16.3. The first-order chi connectivity index (χ1) is 13.1. The van der Waals surface area contributed by atoms with Crippen molar-refractivity contribution < 1.29 is 9.53 Å². The van der Waals surface area contributed by atoms with Crippen molar-refractivity contribution in [2.75, 3.05) is 25.5 Å². The van der Waals surface area contributed by atoms with Gasteiger partial charge in [-0.25, -0.2) is 4.98 Å². The highest BCUT2D eigenvalue weighted by Crippen LogP contribution is 2.22. The molecule has 2 aromatic carbocycles. The SMILES string of the molecule is COc1cccc(C(=O)NCCNc2nc3c(C)cccc3cc2C#N)c1. The number of hydrogen-bond donors (Lipinski definition) is 2. The second kappa shape index (κ2) is 8.19. The van der Waals surface area contributed by atoms with Crippen LogP contribution in [0.4, 0.5) is 5.82 Å². The number of para-hydroxylation sites is 1. The predicted octanol–water partition coefficient (Wildman–Crippen LogP) is 3.27. The number of fused-ring (bicyclic) bond motifs is 1. The lowest BCUT2D eigenvalue weighted by molar-refractivity contribution is 0.0955. The highest BCUT2D eigenvalue weighted by molar-refractivity contribution is 5.94. The number of carbonyl (C=O) groups is 1. The van der Waals surface area contributed by atoms with Crippen LogP contribution in [0.1, 0.15) is 21.5 Å². The van der Waals surface area contributed by atoms with Crippen LogP contribution in [0.2, 0.25) is 0 Å². The second-order valence-electron chi connectivity index (χ2n) is 6.06. The van der Waals surface area contributed by atoms with Crippen LogP contribution in [0.5, 0.6) is 5.75 Å². The average molecular weight is 360 g/mol. The highest BCUT2D eigenvalue weighted by Gasteiger charge is 2.09. The number of nitrogens with zero attached hydrogens (tertiary/aromatic N) is 2. The van der Waals surface area contributed by atoms with E-state index < -0.39 is 0 Å².